The molecule has 0 bridgehead atoms. The number of nitrogens with one attached hydrogen (secondary N) is 1. The Morgan fingerprint density at radius 2 is 1.76 bits per heavy atom. The van der Waals surface area contributed by atoms with Crippen LogP contribution in [0.25, 0.3) is 0 Å². The number of likely N-dealkylation sites (tertiary alicyclic amines) is 1. The van der Waals surface area contributed by atoms with Crippen LogP contribution in [-0.4, -0.2) is 36.5 Å². The molecular formula is C14H28N2O. The van der Waals surface area contributed by atoms with Crippen LogP contribution in [0.15, 0.2) is 0 Å². The van der Waals surface area contributed by atoms with E-state index in [4.69, 9.17) is 0 Å². The van der Waals surface area contributed by atoms with E-state index in [1.165, 1.54) is 32.4 Å². The lowest BCUT2D eigenvalue weighted by molar-refractivity contribution is -0.127. The van der Waals surface area contributed by atoms with Gasteiger partial charge in [-0.3, -0.25) is 4.79 Å². The van der Waals surface area contributed by atoms with E-state index >= 15 is 0 Å². The second kappa shape index (κ2) is 6.39. The molecule has 1 amide bonds. The predicted octanol–water partition coefficient (Wildman–Crippen LogP) is 2.41. The summed E-state index contributed by atoms with van der Waals surface area (Å²) in [7, 11) is 0. The van der Waals surface area contributed by atoms with Crippen molar-refractivity contribution in [2.24, 2.45) is 5.41 Å². The molecule has 0 aromatic heterocycles. The van der Waals surface area contributed by atoms with Crippen LogP contribution in [0.2, 0.25) is 0 Å². The molecule has 100 valence electrons. The van der Waals surface area contributed by atoms with E-state index in [9.17, 15) is 4.79 Å². The number of rotatable bonds is 1. The maximum atomic E-state index is 11.4. The van der Waals surface area contributed by atoms with E-state index in [0.29, 0.717) is 11.5 Å². The smallest absolute Gasteiger partial charge is 0.220 e. The fraction of sp³-hybridized carbons (Fsp3) is 0.929. The van der Waals surface area contributed by atoms with Crippen LogP contribution in [-0.2, 0) is 4.79 Å². The normalized spacial score (nSPS) is 24.2. The summed E-state index contributed by atoms with van der Waals surface area (Å²) in [6.07, 6.45) is 4.36. The van der Waals surface area contributed by atoms with Gasteiger partial charge in [0.05, 0.1) is 0 Å². The van der Waals surface area contributed by atoms with Gasteiger partial charge in [-0.15, -0.1) is 0 Å². The number of nitrogens with zero attached hydrogens (tertiary/aromatic N) is 1. The van der Waals surface area contributed by atoms with Gasteiger partial charge in [0.2, 0.25) is 5.91 Å². The summed E-state index contributed by atoms with van der Waals surface area (Å²) < 4.78 is 0. The molecule has 2 aliphatic rings. The van der Waals surface area contributed by atoms with Crippen molar-refractivity contribution >= 4 is 5.91 Å². The lowest BCUT2D eigenvalue weighted by atomic mass is 9.71. The second-order valence-electron chi connectivity index (χ2n) is 5.41. The highest BCUT2D eigenvalue weighted by atomic mass is 16.1. The number of carbonyl (C=O) groups excluding carboxylic acids is 1. The van der Waals surface area contributed by atoms with Crippen LogP contribution in [0.5, 0.6) is 0 Å². The minimum absolute atomic E-state index is 0.263. The molecule has 0 aliphatic carbocycles. The zero-order valence-electron chi connectivity index (χ0n) is 11.9. The first kappa shape index (κ1) is 14.5. The van der Waals surface area contributed by atoms with Crippen LogP contribution >= 0.6 is 0 Å². The second-order valence-corrected chi connectivity index (χ2v) is 5.41. The highest BCUT2D eigenvalue weighted by molar-refractivity contribution is 5.77. The molecule has 2 aliphatic heterocycles. The van der Waals surface area contributed by atoms with Crippen molar-refractivity contribution in [1.29, 1.82) is 0 Å². The predicted molar refractivity (Wildman–Crippen MR) is 72.0 cm³/mol. The maximum Gasteiger partial charge on any atom is 0.220 e. The van der Waals surface area contributed by atoms with Crippen molar-refractivity contribution < 1.29 is 4.79 Å². The number of hydrogen-bond acceptors (Lipinski definition) is 2. The Balaban J connectivity index is 0.000000686. The summed E-state index contributed by atoms with van der Waals surface area (Å²) in [5.41, 5.74) is 0.341. The molecule has 0 atom stereocenters. The lowest BCUT2D eigenvalue weighted by Gasteiger charge is -2.45. The average molecular weight is 240 g/mol. The molecule has 0 aromatic rings. The summed E-state index contributed by atoms with van der Waals surface area (Å²) >= 11 is 0. The van der Waals surface area contributed by atoms with Crippen molar-refractivity contribution in [3.8, 4) is 0 Å². The quantitative estimate of drug-likeness (QED) is 0.763. The van der Waals surface area contributed by atoms with E-state index in [1.807, 2.05) is 13.8 Å². The van der Waals surface area contributed by atoms with Gasteiger partial charge >= 0.3 is 0 Å². The number of amides is 1. The van der Waals surface area contributed by atoms with E-state index in [2.05, 4.69) is 24.1 Å². The third kappa shape index (κ3) is 3.70. The Kier molecular flexibility index (Phi) is 5.44. The van der Waals surface area contributed by atoms with Crippen LogP contribution < -0.4 is 5.32 Å². The molecule has 2 saturated heterocycles. The molecule has 0 saturated carbocycles. The van der Waals surface area contributed by atoms with Crippen molar-refractivity contribution in [1.82, 2.24) is 10.2 Å². The first-order valence-corrected chi connectivity index (χ1v) is 7.12. The molecule has 0 aromatic carbocycles. The highest BCUT2D eigenvalue weighted by Crippen LogP contribution is 2.40. The summed E-state index contributed by atoms with van der Waals surface area (Å²) in [6, 6.07) is 0.653. The van der Waals surface area contributed by atoms with Gasteiger partial charge in [-0.25, -0.2) is 0 Å². The molecule has 1 spiro atoms. The van der Waals surface area contributed by atoms with Gasteiger partial charge in [-0.05, 0) is 51.6 Å². The van der Waals surface area contributed by atoms with Crippen molar-refractivity contribution in [2.45, 2.75) is 59.4 Å². The molecule has 2 heterocycles. The largest absolute Gasteiger partial charge is 0.356 e. The van der Waals surface area contributed by atoms with Crippen LogP contribution in [0, 0.1) is 5.41 Å². The van der Waals surface area contributed by atoms with E-state index in [1.54, 1.807) is 0 Å². The highest BCUT2D eigenvalue weighted by Gasteiger charge is 2.38. The summed E-state index contributed by atoms with van der Waals surface area (Å²) in [5.74, 6) is 0.263. The fourth-order valence-electron chi connectivity index (χ4n) is 2.90. The van der Waals surface area contributed by atoms with Crippen LogP contribution in [0.1, 0.15) is 53.4 Å². The summed E-state index contributed by atoms with van der Waals surface area (Å²) in [4.78, 5) is 14.0. The van der Waals surface area contributed by atoms with E-state index < -0.39 is 0 Å². The van der Waals surface area contributed by atoms with Crippen LogP contribution in [0.4, 0.5) is 0 Å². The molecule has 3 heteroatoms. The van der Waals surface area contributed by atoms with Gasteiger partial charge in [0.25, 0.3) is 0 Å². The van der Waals surface area contributed by atoms with Crippen molar-refractivity contribution in [3.63, 3.8) is 0 Å². The Morgan fingerprint density at radius 3 is 2.24 bits per heavy atom. The first-order chi connectivity index (χ1) is 8.11. The molecule has 2 rings (SSSR count). The first-order valence-electron chi connectivity index (χ1n) is 7.12. The number of piperidine rings is 2. The van der Waals surface area contributed by atoms with Gasteiger partial charge in [0.1, 0.15) is 0 Å². The molecule has 1 N–H and O–H groups in total. The zero-order valence-corrected chi connectivity index (χ0v) is 11.9. The lowest BCUT2D eigenvalue weighted by Crippen LogP contribution is -2.48. The zero-order chi connectivity index (χ0) is 12.9. The Hall–Kier alpha value is -0.570. The fourth-order valence-corrected chi connectivity index (χ4v) is 2.90. The standard InChI is InChI=1S/C12H22N2O.C2H6/c1-10(2)14-7-4-12(5-8-14)3-6-13-11(15)9-12;1-2/h10H,3-9H2,1-2H3,(H,13,15);1-2H3. The monoisotopic (exact) mass is 240 g/mol. The van der Waals surface area contributed by atoms with Crippen LogP contribution in [0.3, 0.4) is 0 Å². The van der Waals surface area contributed by atoms with Gasteiger partial charge in [-0.2, -0.15) is 0 Å². The van der Waals surface area contributed by atoms with E-state index in [-0.39, 0.29) is 5.91 Å². The Bertz CT molecular complexity index is 243. The minimum Gasteiger partial charge on any atom is -0.356 e. The third-order valence-electron chi connectivity index (χ3n) is 4.10. The Labute approximate surface area is 106 Å². The van der Waals surface area contributed by atoms with Gasteiger partial charge in [0.15, 0.2) is 0 Å². The maximum absolute atomic E-state index is 11.4. The van der Waals surface area contributed by atoms with Gasteiger partial charge < -0.3 is 10.2 Å². The molecule has 0 unspecified atom stereocenters. The Morgan fingerprint density at radius 1 is 1.18 bits per heavy atom. The van der Waals surface area contributed by atoms with Crippen molar-refractivity contribution in [2.75, 3.05) is 19.6 Å². The van der Waals surface area contributed by atoms with Gasteiger partial charge in [0, 0.05) is 19.0 Å². The molecule has 3 nitrogen and oxygen atoms in total. The average Bonchev–Trinajstić information content (AvgIpc) is 2.32. The molecule has 17 heavy (non-hydrogen) atoms. The molecule has 2 fully saturated rings. The third-order valence-corrected chi connectivity index (χ3v) is 4.10. The SMILES string of the molecule is CC.CC(C)N1CCC2(CCNC(=O)C2)CC1. The molecule has 0 radical (unpaired) electrons. The molecular weight excluding hydrogens is 212 g/mol. The minimum atomic E-state index is 0.263. The summed E-state index contributed by atoms with van der Waals surface area (Å²) in [6.45, 7) is 11.7. The number of carbonyl (C=O) groups is 1. The van der Waals surface area contributed by atoms with Gasteiger partial charge in [-0.1, -0.05) is 13.8 Å². The van der Waals surface area contributed by atoms with E-state index in [0.717, 1.165) is 13.0 Å². The topological polar surface area (TPSA) is 32.3 Å². The van der Waals surface area contributed by atoms with Crippen molar-refractivity contribution in [3.05, 3.63) is 0 Å². The number of hydrogen-bond donors (Lipinski definition) is 1. The summed E-state index contributed by atoms with van der Waals surface area (Å²) in [5, 5.41) is 2.94.